The van der Waals surface area contributed by atoms with E-state index in [2.05, 4.69) is 10.6 Å². The molecule has 0 aliphatic heterocycles. The lowest BCUT2D eigenvalue weighted by atomic mass is 10.2. The number of hydrogen-bond acceptors (Lipinski definition) is 4. The summed E-state index contributed by atoms with van der Waals surface area (Å²) in [7, 11) is 1.51. The highest BCUT2D eigenvalue weighted by molar-refractivity contribution is 5.97. The van der Waals surface area contributed by atoms with Gasteiger partial charge in [0.15, 0.2) is 11.5 Å². The molecule has 6 nitrogen and oxygen atoms in total. The van der Waals surface area contributed by atoms with Crippen molar-refractivity contribution in [3.63, 3.8) is 0 Å². The molecule has 0 heterocycles. The lowest BCUT2D eigenvalue weighted by Gasteiger charge is -2.12. The Kier molecular flexibility index (Phi) is 6.83. The van der Waals surface area contributed by atoms with Crippen LogP contribution in [0.2, 0.25) is 0 Å². The summed E-state index contributed by atoms with van der Waals surface area (Å²) in [4.78, 5) is 23.5. The van der Waals surface area contributed by atoms with Crippen molar-refractivity contribution < 1.29 is 19.1 Å². The summed E-state index contributed by atoms with van der Waals surface area (Å²) < 4.78 is 11.1. The van der Waals surface area contributed by atoms with Crippen LogP contribution >= 0.6 is 0 Å². The number of rotatable bonds is 8. The Hall–Kier alpha value is -3.02. The zero-order valence-electron chi connectivity index (χ0n) is 14.4. The normalized spacial score (nSPS) is 10.0. The molecule has 0 radical (unpaired) electrons. The molecule has 0 spiro atoms. The minimum atomic E-state index is -0.348. The lowest BCUT2D eigenvalue weighted by molar-refractivity contribution is -0.120. The second-order valence-corrected chi connectivity index (χ2v) is 5.28. The van der Waals surface area contributed by atoms with E-state index < -0.39 is 0 Å². The summed E-state index contributed by atoms with van der Waals surface area (Å²) in [6, 6.07) is 14.7. The Morgan fingerprint density at radius 2 is 1.76 bits per heavy atom. The van der Waals surface area contributed by atoms with Gasteiger partial charge in [-0.2, -0.15) is 0 Å². The van der Waals surface area contributed by atoms with Gasteiger partial charge in [-0.25, -0.2) is 0 Å². The number of methoxy groups -OCH3 is 1. The van der Waals surface area contributed by atoms with Crippen LogP contribution in [-0.2, 0) is 11.4 Å². The van der Waals surface area contributed by atoms with Crippen LogP contribution in [0.4, 0.5) is 0 Å². The molecule has 0 aliphatic carbocycles. The highest BCUT2D eigenvalue weighted by atomic mass is 16.5. The third-order valence-corrected chi connectivity index (χ3v) is 3.45. The Morgan fingerprint density at radius 3 is 2.44 bits per heavy atom. The van der Waals surface area contributed by atoms with Crippen molar-refractivity contribution in [1.82, 2.24) is 10.6 Å². The Labute approximate surface area is 147 Å². The first kappa shape index (κ1) is 18.3. The monoisotopic (exact) mass is 342 g/mol. The van der Waals surface area contributed by atoms with Gasteiger partial charge in [0.2, 0.25) is 5.91 Å². The third-order valence-electron chi connectivity index (χ3n) is 3.45. The number of nitrogens with one attached hydrogen (secondary N) is 2. The molecule has 132 valence electrons. The predicted octanol–water partition coefficient (Wildman–Crippen LogP) is 2.14. The number of carbonyl (C=O) groups excluding carboxylic acids is 2. The predicted molar refractivity (Wildman–Crippen MR) is 94.8 cm³/mol. The maximum absolute atomic E-state index is 12.1. The number of ether oxygens (including phenoxy) is 2. The van der Waals surface area contributed by atoms with Crippen LogP contribution in [0.3, 0.4) is 0 Å². The fraction of sp³-hybridized carbons (Fsp3) is 0.263. The SMILES string of the molecule is CCNC(=O)CNC(=O)c1ccc(OCc2ccccc2)c(OC)c1. The summed E-state index contributed by atoms with van der Waals surface area (Å²) in [5, 5.41) is 5.18. The van der Waals surface area contributed by atoms with E-state index in [9.17, 15) is 9.59 Å². The van der Waals surface area contributed by atoms with E-state index in [1.807, 2.05) is 37.3 Å². The van der Waals surface area contributed by atoms with Gasteiger partial charge in [0, 0.05) is 12.1 Å². The summed E-state index contributed by atoms with van der Waals surface area (Å²) in [6.07, 6.45) is 0. The molecule has 0 saturated heterocycles. The second kappa shape index (κ2) is 9.32. The van der Waals surface area contributed by atoms with E-state index >= 15 is 0 Å². The number of benzene rings is 2. The molecule has 2 aromatic carbocycles. The fourth-order valence-corrected chi connectivity index (χ4v) is 2.19. The molecule has 6 heteroatoms. The highest BCUT2D eigenvalue weighted by Crippen LogP contribution is 2.28. The molecule has 0 saturated carbocycles. The Morgan fingerprint density at radius 1 is 1.00 bits per heavy atom. The number of carbonyl (C=O) groups is 2. The van der Waals surface area contributed by atoms with Gasteiger partial charge in [-0.05, 0) is 30.7 Å². The van der Waals surface area contributed by atoms with Crippen molar-refractivity contribution in [2.45, 2.75) is 13.5 Å². The zero-order valence-corrected chi connectivity index (χ0v) is 14.4. The van der Waals surface area contributed by atoms with Gasteiger partial charge in [-0.15, -0.1) is 0 Å². The quantitative estimate of drug-likeness (QED) is 0.771. The summed E-state index contributed by atoms with van der Waals surface area (Å²) in [5.41, 5.74) is 1.43. The first-order valence-electron chi connectivity index (χ1n) is 8.03. The van der Waals surface area contributed by atoms with Crippen molar-refractivity contribution in [1.29, 1.82) is 0 Å². The van der Waals surface area contributed by atoms with Crippen LogP contribution in [0.1, 0.15) is 22.8 Å². The molecular weight excluding hydrogens is 320 g/mol. The summed E-state index contributed by atoms with van der Waals surface area (Å²) in [5.74, 6) is 0.429. The minimum Gasteiger partial charge on any atom is -0.493 e. The smallest absolute Gasteiger partial charge is 0.251 e. The van der Waals surface area contributed by atoms with Crippen LogP contribution in [0.5, 0.6) is 11.5 Å². The van der Waals surface area contributed by atoms with E-state index in [1.165, 1.54) is 7.11 Å². The number of likely N-dealkylation sites (N-methyl/N-ethyl adjacent to an activating group) is 1. The first-order chi connectivity index (χ1) is 12.1. The largest absolute Gasteiger partial charge is 0.493 e. The second-order valence-electron chi connectivity index (χ2n) is 5.28. The number of amides is 2. The van der Waals surface area contributed by atoms with Gasteiger partial charge in [0.05, 0.1) is 13.7 Å². The van der Waals surface area contributed by atoms with Gasteiger partial charge < -0.3 is 20.1 Å². The van der Waals surface area contributed by atoms with Gasteiger partial charge in [-0.1, -0.05) is 30.3 Å². The average molecular weight is 342 g/mol. The molecule has 0 aromatic heterocycles. The molecular formula is C19H22N2O4. The van der Waals surface area contributed by atoms with Crippen LogP contribution < -0.4 is 20.1 Å². The van der Waals surface area contributed by atoms with E-state index in [4.69, 9.17) is 9.47 Å². The van der Waals surface area contributed by atoms with Crippen LogP contribution in [-0.4, -0.2) is 32.0 Å². The van der Waals surface area contributed by atoms with Crippen molar-refractivity contribution in [3.8, 4) is 11.5 Å². The molecule has 0 aliphatic rings. The van der Waals surface area contributed by atoms with Crippen LogP contribution in [0, 0.1) is 0 Å². The molecule has 2 amide bonds. The Balaban J connectivity index is 2.00. The maximum atomic E-state index is 12.1. The molecule has 2 rings (SSSR count). The number of hydrogen-bond donors (Lipinski definition) is 2. The zero-order chi connectivity index (χ0) is 18.1. The molecule has 2 aromatic rings. The van der Waals surface area contributed by atoms with E-state index in [-0.39, 0.29) is 18.4 Å². The lowest BCUT2D eigenvalue weighted by Crippen LogP contribution is -2.36. The molecule has 2 N–H and O–H groups in total. The molecule has 25 heavy (non-hydrogen) atoms. The topological polar surface area (TPSA) is 76.7 Å². The van der Waals surface area contributed by atoms with E-state index in [1.54, 1.807) is 18.2 Å². The van der Waals surface area contributed by atoms with Crippen molar-refractivity contribution in [2.24, 2.45) is 0 Å². The standard InChI is InChI=1S/C19H22N2O4/c1-3-20-18(22)12-21-19(23)15-9-10-16(17(11-15)24-2)25-13-14-7-5-4-6-8-14/h4-11H,3,12-13H2,1-2H3,(H,20,22)(H,21,23). The van der Waals surface area contributed by atoms with Crippen LogP contribution in [0.15, 0.2) is 48.5 Å². The van der Waals surface area contributed by atoms with Gasteiger partial charge in [-0.3, -0.25) is 9.59 Å². The van der Waals surface area contributed by atoms with Crippen molar-refractivity contribution in [2.75, 3.05) is 20.2 Å². The van der Waals surface area contributed by atoms with Gasteiger partial charge in [0.1, 0.15) is 6.61 Å². The fourth-order valence-electron chi connectivity index (χ4n) is 2.19. The van der Waals surface area contributed by atoms with E-state index in [0.29, 0.717) is 30.2 Å². The Bertz CT molecular complexity index is 717. The van der Waals surface area contributed by atoms with Crippen molar-refractivity contribution >= 4 is 11.8 Å². The maximum Gasteiger partial charge on any atom is 0.251 e. The highest BCUT2D eigenvalue weighted by Gasteiger charge is 2.12. The van der Waals surface area contributed by atoms with Crippen LogP contribution in [0.25, 0.3) is 0 Å². The molecule has 0 fully saturated rings. The summed E-state index contributed by atoms with van der Waals surface area (Å²) >= 11 is 0. The first-order valence-corrected chi connectivity index (χ1v) is 8.03. The molecule has 0 unspecified atom stereocenters. The van der Waals surface area contributed by atoms with Gasteiger partial charge in [0.25, 0.3) is 5.91 Å². The molecule has 0 atom stereocenters. The van der Waals surface area contributed by atoms with Gasteiger partial charge >= 0.3 is 0 Å². The summed E-state index contributed by atoms with van der Waals surface area (Å²) in [6.45, 7) is 2.68. The average Bonchev–Trinajstić information content (AvgIpc) is 2.65. The third kappa shape index (κ3) is 5.53. The molecule has 0 bridgehead atoms. The van der Waals surface area contributed by atoms with Crippen molar-refractivity contribution in [3.05, 3.63) is 59.7 Å². The minimum absolute atomic E-state index is 0.0682. The van der Waals surface area contributed by atoms with E-state index in [0.717, 1.165) is 5.56 Å².